The molecule has 0 aliphatic rings. The summed E-state index contributed by atoms with van der Waals surface area (Å²) in [4.78, 5) is 18.4. The molecule has 2 aromatic carbocycles. The maximum absolute atomic E-state index is 12.9. The van der Waals surface area contributed by atoms with Crippen molar-refractivity contribution < 1.29 is 22.5 Å². The number of anilines is 1. The number of alkyl halides is 3. The van der Waals surface area contributed by atoms with E-state index in [0.717, 1.165) is 17.7 Å². The Morgan fingerprint density at radius 2 is 2.00 bits per heavy atom. The number of aryl methyl sites for hydroxylation is 1. The van der Waals surface area contributed by atoms with Gasteiger partial charge in [0.05, 0.1) is 18.7 Å². The van der Waals surface area contributed by atoms with Crippen LogP contribution < -0.4 is 5.32 Å². The predicted octanol–water partition coefficient (Wildman–Crippen LogP) is 5.18. The molecule has 31 heavy (non-hydrogen) atoms. The summed E-state index contributed by atoms with van der Waals surface area (Å²) in [5.74, 6) is 0.00184. The molecule has 0 radical (unpaired) electrons. The minimum absolute atomic E-state index is 0.0520. The number of carbonyl (C=O) groups is 1. The number of nitrogens with one attached hydrogen (secondary N) is 1. The van der Waals surface area contributed by atoms with Crippen LogP contribution in [0.3, 0.4) is 0 Å². The van der Waals surface area contributed by atoms with Crippen molar-refractivity contribution in [1.82, 2.24) is 15.0 Å². The van der Waals surface area contributed by atoms with Gasteiger partial charge in [-0.2, -0.15) is 18.2 Å². The Hall–Kier alpha value is -2.91. The van der Waals surface area contributed by atoms with E-state index in [2.05, 4.69) is 15.5 Å². The first kappa shape index (κ1) is 22.8. The average Bonchev–Trinajstić information content (AvgIpc) is 3.18. The number of carbonyl (C=O) groups excluding carboxylic acids is 1. The van der Waals surface area contributed by atoms with Crippen LogP contribution in [0.15, 0.2) is 47.0 Å². The Morgan fingerprint density at radius 3 is 2.71 bits per heavy atom. The molecule has 0 bridgehead atoms. The van der Waals surface area contributed by atoms with Gasteiger partial charge in [-0.05, 0) is 43.3 Å². The minimum Gasteiger partial charge on any atom is -0.338 e. The molecule has 1 amide bonds. The highest BCUT2D eigenvalue weighted by Crippen LogP contribution is 2.31. The number of hydrogen-bond acceptors (Lipinski definition) is 5. The third kappa shape index (κ3) is 6.05. The van der Waals surface area contributed by atoms with Crippen molar-refractivity contribution in [2.75, 3.05) is 18.4 Å². The van der Waals surface area contributed by atoms with Crippen molar-refractivity contribution in [3.8, 4) is 11.4 Å². The Labute approximate surface area is 182 Å². The lowest BCUT2D eigenvalue weighted by Gasteiger charge is -2.18. The normalized spacial score (nSPS) is 11.7. The molecular formula is C21H20ClF3N4O2. The Kier molecular flexibility index (Phi) is 6.97. The molecule has 6 nitrogen and oxygen atoms in total. The van der Waals surface area contributed by atoms with E-state index in [9.17, 15) is 18.0 Å². The van der Waals surface area contributed by atoms with E-state index < -0.39 is 11.7 Å². The summed E-state index contributed by atoms with van der Waals surface area (Å²) in [5.41, 5.74) is 0.906. The summed E-state index contributed by atoms with van der Waals surface area (Å²) in [7, 11) is 0. The zero-order valence-corrected chi connectivity index (χ0v) is 17.6. The van der Waals surface area contributed by atoms with Gasteiger partial charge in [0.15, 0.2) is 0 Å². The van der Waals surface area contributed by atoms with Crippen molar-refractivity contribution in [2.45, 2.75) is 26.6 Å². The van der Waals surface area contributed by atoms with Crippen LogP contribution in [0.1, 0.15) is 23.9 Å². The van der Waals surface area contributed by atoms with Gasteiger partial charge in [-0.15, -0.1) is 0 Å². The van der Waals surface area contributed by atoms with E-state index in [1.807, 2.05) is 19.9 Å². The predicted molar refractivity (Wildman–Crippen MR) is 111 cm³/mol. The van der Waals surface area contributed by atoms with Gasteiger partial charge in [-0.25, -0.2) is 0 Å². The van der Waals surface area contributed by atoms with E-state index >= 15 is 0 Å². The third-order valence-electron chi connectivity index (χ3n) is 4.56. The van der Waals surface area contributed by atoms with Gasteiger partial charge in [-0.3, -0.25) is 9.69 Å². The molecule has 0 unspecified atom stereocenters. The van der Waals surface area contributed by atoms with Crippen molar-refractivity contribution in [1.29, 1.82) is 0 Å². The molecule has 0 aliphatic heterocycles. The molecule has 3 aromatic rings. The van der Waals surface area contributed by atoms with Gasteiger partial charge in [0.2, 0.25) is 17.6 Å². The first-order valence-corrected chi connectivity index (χ1v) is 9.82. The first-order chi connectivity index (χ1) is 14.7. The minimum atomic E-state index is -4.46. The lowest BCUT2D eigenvalue weighted by molar-refractivity contribution is -0.137. The van der Waals surface area contributed by atoms with Gasteiger partial charge < -0.3 is 9.84 Å². The SMILES string of the molecule is CCN(CC(=O)Nc1cc(Cl)ccc1C)Cc1nc(-c2cccc(C(F)(F)F)c2)no1. The van der Waals surface area contributed by atoms with Crippen molar-refractivity contribution in [3.63, 3.8) is 0 Å². The van der Waals surface area contributed by atoms with E-state index in [-0.39, 0.29) is 36.3 Å². The highest BCUT2D eigenvalue weighted by Gasteiger charge is 2.30. The van der Waals surface area contributed by atoms with Crippen LogP contribution in [0.2, 0.25) is 5.02 Å². The zero-order chi connectivity index (χ0) is 22.6. The largest absolute Gasteiger partial charge is 0.416 e. The molecule has 10 heteroatoms. The second kappa shape index (κ2) is 9.49. The van der Waals surface area contributed by atoms with Crippen LogP contribution in [0.5, 0.6) is 0 Å². The zero-order valence-electron chi connectivity index (χ0n) is 16.8. The highest BCUT2D eigenvalue weighted by molar-refractivity contribution is 6.31. The summed E-state index contributed by atoms with van der Waals surface area (Å²) in [6.45, 7) is 4.47. The van der Waals surface area contributed by atoms with E-state index in [1.165, 1.54) is 12.1 Å². The number of amides is 1. The van der Waals surface area contributed by atoms with Gasteiger partial charge in [0.1, 0.15) is 0 Å². The highest BCUT2D eigenvalue weighted by atomic mass is 35.5. The van der Waals surface area contributed by atoms with Crippen molar-refractivity contribution in [2.24, 2.45) is 0 Å². The number of nitrogens with zero attached hydrogens (tertiary/aromatic N) is 3. The molecule has 0 saturated carbocycles. The fourth-order valence-electron chi connectivity index (χ4n) is 2.86. The molecule has 0 saturated heterocycles. The molecule has 1 aromatic heterocycles. The number of benzene rings is 2. The summed E-state index contributed by atoms with van der Waals surface area (Å²) in [6.07, 6.45) is -4.46. The van der Waals surface area contributed by atoms with Gasteiger partial charge in [-0.1, -0.05) is 41.9 Å². The van der Waals surface area contributed by atoms with Crippen LogP contribution >= 0.6 is 11.6 Å². The monoisotopic (exact) mass is 452 g/mol. The average molecular weight is 453 g/mol. The molecule has 0 fully saturated rings. The van der Waals surface area contributed by atoms with E-state index in [1.54, 1.807) is 17.0 Å². The summed E-state index contributed by atoms with van der Waals surface area (Å²) in [6, 6.07) is 9.92. The number of likely N-dealkylation sites (N-methyl/N-ethyl adjacent to an activating group) is 1. The topological polar surface area (TPSA) is 71.3 Å². The summed E-state index contributed by atoms with van der Waals surface area (Å²) in [5, 5.41) is 7.10. The first-order valence-electron chi connectivity index (χ1n) is 9.44. The maximum Gasteiger partial charge on any atom is 0.416 e. The van der Waals surface area contributed by atoms with Crippen LogP contribution in [-0.4, -0.2) is 34.0 Å². The van der Waals surface area contributed by atoms with Crippen LogP contribution in [0.25, 0.3) is 11.4 Å². The van der Waals surface area contributed by atoms with E-state index in [0.29, 0.717) is 17.3 Å². The van der Waals surface area contributed by atoms with Crippen molar-refractivity contribution in [3.05, 3.63) is 64.5 Å². The standard InChI is InChI=1S/C21H20ClF3N4O2/c1-3-29(11-18(30)26-17-10-16(22)8-7-13(17)2)12-19-27-20(28-31-19)14-5-4-6-15(9-14)21(23,24)25/h4-10H,3,11-12H2,1-2H3,(H,26,30). The van der Waals surface area contributed by atoms with Gasteiger partial charge in [0.25, 0.3) is 0 Å². The van der Waals surface area contributed by atoms with Gasteiger partial charge >= 0.3 is 6.18 Å². The quantitative estimate of drug-likeness (QED) is 0.535. The molecule has 0 atom stereocenters. The lowest BCUT2D eigenvalue weighted by atomic mass is 10.1. The van der Waals surface area contributed by atoms with E-state index in [4.69, 9.17) is 16.1 Å². The Bertz CT molecular complexity index is 1070. The maximum atomic E-state index is 12.9. The van der Waals surface area contributed by atoms with Crippen LogP contribution in [0, 0.1) is 6.92 Å². The molecular weight excluding hydrogens is 433 g/mol. The number of rotatable bonds is 7. The molecule has 0 spiro atoms. The number of hydrogen-bond donors (Lipinski definition) is 1. The fraction of sp³-hybridized carbons (Fsp3) is 0.286. The lowest BCUT2D eigenvalue weighted by Crippen LogP contribution is -2.33. The molecule has 1 N–H and O–H groups in total. The second-order valence-electron chi connectivity index (χ2n) is 6.90. The smallest absolute Gasteiger partial charge is 0.338 e. The van der Waals surface area contributed by atoms with Crippen molar-refractivity contribution >= 4 is 23.2 Å². The molecule has 164 valence electrons. The summed E-state index contributed by atoms with van der Waals surface area (Å²) < 4.78 is 43.9. The Balaban J connectivity index is 1.66. The Morgan fingerprint density at radius 1 is 1.23 bits per heavy atom. The summed E-state index contributed by atoms with van der Waals surface area (Å²) >= 11 is 5.98. The second-order valence-corrected chi connectivity index (χ2v) is 7.34. The van der Waals surface area contributed by atoms with Gasteiger partial charge in [0, 0.05) is 16.3 Å². The fourth-order valence-corrected chi connectivity index (χ4v) is 3.04. The molecule has 3 rings (SSSR count). The molecule has 0 aliphatic carbocycles. The third-order valence-corrected chi connectivity index (χ3v) is 4.80. The van der Waals surface area contributed by atoms with Crippen LogP contribution in [0.4, 0.5) is 18.9 Å². The number of aromatic nitrogens is 2. The molecule has 1 heterocycles. The number of halogens is 4. The van der Waals surface area contributed by atoms with Crippen LogP contribution in [-0.2, 0) is 17.5 Å².